The lowest BCUT2D eigenvalue weighted by atomic mass is 10.1. The van der Waals surface area contributed by atoms with Crippen LogP contribution in [0.15, 0.2) is 60.8 Å². The Balaban J connectivity index is 4.46. The van der Waals surface area contributed by atoms with Crippen LogP contribution in [0.25, 0.3) is 0 Å². The largest absolute Gasteiger partial charge is 0.472 e. The van der Waals surface area contributed by atoms with E-state index >= 15 is 0 Å². The zero-order valence-corrected chi connectivity index (χ0v) is 40.4. The number of likely N-dealkylation sites (N-methyl/N-ethyl adjacent to an activating group) is 1. The summed E-state index contributed by atoms with van der Waals surface area (Å²) in [6, 6.07) is 0. The summed E-state index contributed by atoms with van der Waals surface area (Å²) in [5, 5.41) is 10.2. The highest BCUT2D eigenvalue weighted by Gasteiger charge is 2.27. The molecule has 61 heavy (non-hydrogen) atoms. The molecule has 354 valence electrons. The van der Waals surface area contributed by atoms with E-state index < -0.39 is 38.6 Å². The van der Waals surface area contributed by atoms with Crippen molar-refractivity contribution in [1.29, 1.82) is 0 Å². The van der Waals surface area contributed by atoms with E-state index in [2.05, 4.69) is 44.2 Å². The van der Waals surface area contributed by atoms with Crippen LogP contribution in [0.3, 0.4) is 0 Å². The summed E-state index contributed by atoms with van der Waals surface area (Å²) < 4.78 is 34.3. The van der Waals surface area contributed by atoms with E-state index in [-0.39, 0.29) is 26.1 Å². The van der Waals surface area contributed by atoms with E-state index in [0.717, 1.165) is 32.1 Å². The number of allylic oxidation sites excluding steroid dienone is 8. The van der Waals surface area contributed by atoms with Crippen molar-refractivity contribution in [2.75, 3.05) is 47.5 Å². The Bertz CT molecular complexity index is 1240. The minimum absolute atomic E-state index is 0.00718. The van der Waals surface area contributed by atoms with Crippen molar-refractivity contribution in [2.24, 2.45) is 0 Å². The Morgan fingerprint density at radius 2 is 1.10 bits per heavy atom. The van der Waals surface area contributed by atoms with Crippen LogP contribution in [-0.4, -0.2) is 86.1 Å². The number of aliphatic hydroxyl groups excluding tert-OH is 1. The summed E-state index contributed by atoms with van der Waals surface area (Å²) in [5.41, 5.74) is 0. The second-order valence-electron chi connectivity index (χ2n) is 17.3. The molecule has 0 aromatic heterocycles. The van der Waals surface area contributed by atoms with Gasteiger partial charge in [0.1, 0.15) is 19.8 Å². The van der Waals surface area contributed by atoms with Gasteiger partial charge in [-0.15, -0.1) is 0 Å². The van der Waals surface area contributed by atoms with Crippen LogP contribution in [0.1, 0.15) is 187 Å². The molecule has 0 saturated heterocycles. The number of phosphoric acid groups is 1. The topological polar surface area (TPSA) is 129 Å². The molecule has 0 aliphatic rings. The average molecular weight is 881 g/mol. The number of quaternary nitrogens is 1. The second-order valence-corrected chi connectivity index (χ2v) is 18.8. The molecule has 0 fully saturated rings. The Labute approximate surface area is 373 Å². The normalized spacial score (nSPS) is 14.5. The lowest BCUT2D eigenvalue weighted by Gasteiger charge is -2.24. The number of nitrogens with zero attached hydrogens (tertiary/aromatic N) is 1. The molecule has 0 heterocycles. The third kappa shape index (κ3) is 45.5. The number of ether oxygens (including phenoxy) is 2. The zero-order valence-electron chi connectivity index (χ0n) is 39.5. The molecule has 0 aromatic carbocycles. The van der Waals surface area contributed by atoms with Crippen molar-refractivity contribution in [3.63, 3.8) is 0 Å². The van der Waals surface area contributed by atoms with Crippen LogP contribution < -0.4 is 0 Å². The highest BCUT2D eigenvalue weighted by Crippen LogP contribution is 2.43. The summed E-state index contributed by atoms with van der Waals surface area (Å²) in [6.45, 7) is 4.22. The molecule has 0 aromatic rings. The van der Waals surface area contributed by atoms with E-state index in [1.807, 2.05) is 39.4 Å². The Morgan fingerprint density at radius 3 is 1.72 bits per heavy atom. The molecule has 3 atom stereocenters. The van der Waals surface area contributed by atoms with Gasteiger partial charge in [-0.05, 0) is 70.6 Å². The highest BCUT2D eigenvalue weighted by molar-refractivity contribution is 7.47. The van der Waals surface area contributed by atoms with Crippen molar-refractivity contribution in [3.8, 4) is 0 Å². The molecule has 2 N–H and O–H groups in total. The number of aliphatic hydroxyl groups is 1. The monoisotopic (exact) mass is 881 g/mol. The first-order valence-electron chi connectivity index (χ1n) is 24.1. The SMILES string of the molecule is CCCCC/C=C\C/C=C\CC(O)/C=C\C=C\CCCC(=O)OC[C@H](COP(=O)(O)OCC[N+](C)(C)C)OC(=O)CCCCCCCCCCC/C=C\CCCCCCCC. The summed E-state index contributed by atoms with van der Waals surface area (Å²) in [7, 11) is 1.39. The van der Waals surface area contributed by atoms with Gasteiger partial charge >= 0.3 is 19.8 Å². The molecule has 2 unspecified atom stereocenters. The minimum atomic E-state index is -4.41. The van der Waals surface area contributed by atoms with Gasteiger partial charge < -0.3 is 24.0 Å². The highest BCUT2D eigenvalue weighted by atomic mass is 31.2. The maximum atomic E-state index is 12.7. The van der Waals surface area contributed by atoms with Crippen LogP contribution in [0.4, 0.5) is 0 Å². The summed E-state index contributed by atoms with van der Waals surface area (Å²) in [5.74, 6) is -0.931. The molecule has 0 aliphatic heterocycles. The maximum Gasteiger partial charge on any atom is 0.472 e. The summed E-state index contributed by atoms with van der Waals surface area (Å²) >= 11 is 0. The first kappa shape index (κ1) is 58.7. The fraction of sp³-hybridized carbons (Fsp3) is 0.760. The fourth-order valence-corrected chi connectivity index (χ4v) is 7.00. The van der Waals surface area contributed by atoms with Crippen LogP contribution in [0, 0.1) is 0 Å². The number of carbonyl (C=O) groups is 2. The third-order valence-corrected chi connectivity index (χ3v) is 11.1. The molecule has 0 amide bonds. The molecule has 11 heteroatoms. The van der Waals surface area contributed by atoms with Gasteiger partial charge in [-0.3, -0.25) is 18.6 Å². The van der Waals surface area contributed by atoms with Crippen molar-refractivity contribution in [2.45, 2.75) is 199 Å². The molecule has 0 rings (SSSR count). The average Bonchev–Trinajstić information content (AvgIpc) is 3.21. The molecule has 0 aliphatic carbocycles. The predicted octanol–water partition coefficient (Wildman–Crippen LogP) is 13.0. The number of hydrogen-bond donors (Lipinski definition) is 2. The smallest absolute Gasteiger partial charge is 0.462 e. The van der Waals surface area contributed by atoms with Gasteiger partial charge in [-0.2, -0.15) is 0 Å². The van der Waals surface area contributed by atoms with Crippen LogP contribution in [-0.2, 0) is 32.7 Å². The number of phosphoric ester groups is 1. The molecular formula is C50H91NO9P+. The summed E-state index contributed by atoms with van der Waals surface area (Å²) in [4.78, 5) is 35.4. The molecule has 10 nitrogen and oxygen atoms in total. The van der Waals surface area contributed by atoms with Crippen LogP contribution in [0.5, 0.6) is 0 Å². The van der Waals surface area contributed by atoms with Crippen LogP contribution in [0.2, 0.25) is 0 Å². The first-order chi connectivity index (χ1) is 29.4. The van der Waals surface area contributed by atoms with Gasteiger partial charge in [0, 0.05) is 12.8 Å². The maximum absolute atomic E-state index is 12.7. The number of rotatable bonds is 43. The molecule has 0 spiro atoms. The number of carbonyl (C=O) groups excluding carboxylic acids is 2. The lowest BCUT2D eigenvalue weighted by molar-refractivity contribution is -0.870. The Morgan fingerprint density at radius 1 is 0.590 bits per heavy atom. The van der Waals surface area contributed by atoms with Gasteiger partial charge in [-0.1, -0.05) is 164 Å². The molecule has 0 saturated carbocycles. The third-order valence-electron chi connectivity index (χ3n) is 10.1. The van der Waals surface area contributed by atoms with Crippen molar-refractivity contribution in [3.05, 3.63) is 60.8 Å². The predicted molar refractivity (Wildman–Crippen MR) is 253 cm³/mol. The van der Waals surface area contributed by atoms with E-state index in [9.17, 15) is 24.2 Å². The van der Waals surface area contributed by atoms with Gasteiger partial charge in [0.25, 0.3) is 0 Å². The Hall–Kier alpha value is -2.33. The molecule has 0 radical (unpaired) electrons. The van der Waals surface area contributed by atoms with Gasteiger partial charge in [0.15, 0.2) is 6.10 Å². The second kappa shape index (κ2) is 41.7. The van der Waals surface area contributed by atoms with E-state index in [1.54, 1.807) is 12.2 Å². The number of hydrogen-bond acceptors (Lipinski definition) is 8. The minimum Gasteiger partial charge on any atom is -0.462 e. The van der Waals surface area contributed by atoms with E-state index in [4.69, 9.17) is 18.5 Å². The standard InChI is InChI=1S/C50H90NO9P/c1-6-8-10-12-14-16-17-18-19-20-21-22-23-24-25-27-29-33-38-42-50(54)60-48(46-59-61(55,56)58-44-43-51(3,4)5)45-57-49(53)41-37-34-30-32-36-40-47(52)39-35-31-28-26-15-13-11-9-7-2/h15,18-19,26,30-32,35-36,40,47-48,52H,6-14,16-17,20-25,27-29,33-34,37-39,41-46H2,1-5H3/p+1/b19-18-,26-15-,32-30+,35-31-,40-36-/t47?,48-/m1/s1. The van der Waals surface area contributed by atoms with Gasteiger partial charge in [0.05, 0.1) is 33.9 Å². The fourth-order valence-electron chi connectivity index (χ4n) is 6.26. The number of unbranched alkanes of at least 4 members (excludes halogenated alkanes) is 19. The first-order valence-corrected chi connectivity index (χ1v) is 25.6. The Kier molecular flexibility index (Phi) is 40.1. The van der Waals surface area contributed by atoms with Gasteiger partial charge in [-0.25, -0.2) is 4.57 Å². The molecule has 0 bridgehead atoms. The van der Waals surface area contributed by atoms with E-state index in [0.29, 0.717) is 36.7 Å². The number of esters is 2. The quantitative estimate of drug-likeness (QED) is 0.0154. The zero-order chi connectivity index (χ0) is 45.1. The van der Waals surface area contributed by atoms with Crippen molar-refractivity contribution >= 4 is 19.8 Å². The van der Waals surface area contributed by atoms with Crippen LogP contribution >= 0.6 is 7.82 Å². The van der Waals surface area contributed by atoms with Crippen molar-refractivity contribution < 1.29 is 47.2 Å². The van der Waals surface area contributed by atoms with E-state index in [1.165, 1.54) is 103 Å². The summed E-state index contributed by atoms with van der Waals surface area (Å²) in [6.07, 6.45) is 47.3. The lowest BCUT2D eigenvalue weighted by Crippen LogP contribution is -2.37. The van der Waals surface area contributed by atoms with Crippen molar-refractivity contribution in [1.82, 2.24) is 0 Å². The van der Waals surface area contributed by atoms with Gasteiger partial charge in [0.2, 0.25) is 0 Å². The molecular weight excluding hydrogens is 790 g/mol.